The van der Waals surface area contributed by atoms with Crippen molar-refractivity contribution in [2.75, 3.05) is 49.6 Å². The number of nitrogens with zero attached hydrogens (tertiary/aromatic N) is 6. The lowest BCUT2D eigenvalue weighted by Gasteiger charge is -2.37. The zero-order chi connectivity index (χ0) is 33.2. The second-order valence-electron chi connectivity index (χ2n) is 12.0. The van der Waals surface area contributed by atoms with Crippen LogP contribution in [-0.2, 0) is 33.4 Å². The number of carbonyl (C=O) groups is 2. The SMILES string of the molecule is CC(C)(C)OC(=O)N1CCN(c2c3n(c4nc(C5=CCOCC5)nn4c2=O)CCC3)CC1.O=CNc1ccc(C(F)(F)F)cc1Cl. The second-order valence-corrected chi connectivity index (χ2v) is 12.4. The van der Waals surface area contributed by atoms with Gasteiger partial charge < -0.3 is 29.2 Å². The minimum Gasteiger partial charge on any atom is -0.444 e. The van der Waals surface area contributed by atoms with E-state index in [4.69, 9.17) is 26.1 Å². The zero-order valence-corrected chi connectivity index (χ0v) is 26.5. The fourth-order valence-corrected chi connectivity index (χ4v) is 5.71. The third-order valence-electron chi connectivity index (χ3n) is 7.63. The molecule has 1 fully saturated rings. The normalized spacial score (nSPS) is 16.8. The number of amides is 2. The second kappa shape index (κ2) is 13.3. The molecule has 0 radical (unpaired) electrons. The van der Waals surface area contributed by atoms with Gasteiger partial charge >= 0.3 is 12.3 Å². The molecule has 16 heteroatoms. The van der Waals surface area contributed by atoms with Crippen molar-refractivity contribution < 1.29 is 32.2 Å². The zero-order valence-electron chi connectivity index (χ0n) is 25.7. The fraction of sp³-hybridized carbons (Fsp3) is 0.500. The molecule has 3 aromatic rings. The van der Waals surface area contributed by atoms with Crippen LogP contribution in [0.25, 0.3) is 11.4 Å². The molecular weight excluding hydrogens is 631 g/mol. The maximum Gasteiger partial charge on any atom is 0.416 e. The van der Waals surface area contributed by atoms with Gasteiger partial charge in [0.05, 0.1) is 35.2 Å². The molecule has 0 spiro atoms. The van der Waals surface area contributed by atoms with Crippen molar-refractivity contribution in [3.8, 4) is 0 Å². The number of anilines is 2. The van der Waals surface area contributed by atoms with Crippen molar-refractivity contribution in [2.45, 2.75) is 58.4 Å². The molecule has 3 aliphatic heterocycles. The van der Waals surface area contributed by atoms with E-state index in [-0.39, 0.29) is 22.4 Å². The molecule has 0 saturated carbocycles. The van der Waals surface area contributed by atoms with Gasteiger partial charge in [-0.1, -0.05) is 17.7 Å². The molecule has 0 unspecified atom stereocenters. The van der Waals surface area contributed by atoms with Gasteiger partial charge in [-0.3, -0.25) is 9.59 Å². The van der Waals surface area contributed by atoms with Gasteiger partial charge in [-0.15, -0.1) is 5.10 Å². The minimum atomic E-state index is -4.43. The third kappa shape index (κ3) is 7.30. The highest BCUT2D eigenvalue weighted by Gasteiger charge is 2.32. The Labute approximate surface area is 267 Å². The van der Waals surface area contributed by atoms with Crippen molar-refractivity contribution in [1.82, 2.24) is 24.1 Å². The van der Waals surface area contributed by atoms with Crippen LogP contribution in [0.2, 0.25) is 5.02 Å². The predicted molar refractivity (Wildman–Crippen MR) is 165 cm³/mol. The van der Waals surface area contributed by atoms with Crippen LogP contribution in [0, 0.1) is 0 Å². The first kappa shape index (κ1) is 33.3. The number of ether oxygens (including phenoxy) is 2. The van der Waals surface area contributed by atoms with Crippen LogP contribution in [0.15, 0.2) is 29.1 Å². The van der Waals surface area contributed by atoms with Crippen molar-refractivity contribution in [3.05, 3.63) is 56.7 Å². The molecule has 2 amide bonds. The average molecular weight is 666 g/mol. The van der Waals surface area contributed by atoms with Gasteiger partial charge in [0.25, 0.3) is 5.56 Å². The molecule has 0 aliphatic carbocycles. The van der Waals surface area contributed by atoms with E-state index in [0.717, 1.165) is 55.3 Å². The van der Waals surface area contributed by atoms with E-state index in [2.05, 4.69) is 19.9 Å². The highest BCUT2D eigenvalue weighted by Crippen LogP contribution is 2.33. The summed E-state index contributed by atoms with van der Waals surface area (Å²) in [6.07, 6.45) is 0.161. The standard InChI is InChI=1S/C22H30N6O4.C8H5ClF3NO/c1-22(2,3)32-21(30)26-11-9-25(10-12-26)17-16-5-4-8-27(16)20-23-18(24-28(20)19(17)29)15-6-13-31-14-7-15;9-6-3-5(8(10,11)12)1-2-7(6)13-4-14/h6H,4-5,7-14H2,1-3H3;1-4H,(H,13,14). The van der Waals surface area contributed by atoms with Gasteiger partial charge in [-0.2, -0.15) is 22.7 Å². The van der Waals surface area contributed by atoms with E-state index in [9.17, 15) is 27.6 Å². The Morgan fingerprint density at radius 3 is 2.46 bits per heavy atom. The van der Waals surface area contributed by atoms with E-state index in [1.807, 2.05) is 26.8 Å². The summed E-state index contributed by atoms with van der Waals surface area (Å²) >= 11 is 5.49. The minimum absolute atomic E-state index is 0.134. The molecule has 0 bridgehead atoms. The molecule has 0 atom stereocenters. The average Bonchev–Trinajstić information content (AvgIpc) is 3.66. The Morgan fingerprint density at radius 2 is 1.85 bits per heavy atom. The van der Waals surface area contributed by atoms with Gasteiger partial charge in [0.15, 0.2) is 5.82 Å². The van der Waals surface area contributed by atoms with Crippen molar-refractivity contribution in [2.24, 2.45) is 0 Å². The lowest BCUT2D eigenvalue weighted by molar-refractivity contribution is -0.137. The number of alkyl halides is 3. The van der Waals surface area contributed by atoms with Crippen LogP contribution in [-0.4, -0.2) is 81.6 Å². The molecule has 1 aromatic carbocycles. The number of benzene rings is 1. The maximum absolute atomic E-state index is 13.5. The Bertz CT molecular complexity index is 1710. The van der Waals surface area contributed by atoms with Crippen LogP contribution in [0.3, 0.4) is 0 Å². The van der Waals surface area contributed by atoms with Crippen molar-refractivity contribution in [3.63, 3.8) is 0 Å². The largest absolute Gasteiger partial charge is 0.444 e. The Kier molecular flexibility index (Phi) is 9.63. The van der Waals surface area contributed by atoms with E-state index in [1.54, 1.807) is 4.90 Å². The topological polar surface area (TPSA) is 123 Å². The fourth-order valence-electron chi connectivity index (χ4n) is 5.48. The molecule has 1 N–H and O–H groups in total. The molecule has 6 rings (SSSR count). The van der Waals surface area contributed by atoms with E-state index in [1.165, 1.54) is 4.52 Å². The Balaban J connectivity index is 0.000000251. The molecule has 12 nitrogen and oxygen atoms in total. The summed E-state index contributed by atoms with van der Waals surface area (Å²) < 4.78 is 50.9. The predicted octanol–water partition coefficient (Wildman–Crippen LogP) is 4.63. The summed E-state index contributed by atoms with van der Waals surface area (Å²) in [5.74, 6) is 1.22. The first-order valence-corrected chi connectivity index (χ1v) is 15.2. The molecule has 248 valence electrons. The van der Waals surface area contributed by atoms with Crippen LogP contribution in [0.4, 0.5) is 29.3 Å². The summed E-state index contributed by atoms with van der Waals surface area (Å²) in [7, 11) is 0. The maximum atomic E-state index is 13.5. The summed E-state index contributed by atoms with van der Waals surface area (Å²) in [6, 6.07) is 2.70. The van der Waals surface area contributed by atoms with Gasteiger partial charge in [0.2, 0.25) is 12.2 Å². The molecule has 2 aromatic heterocycles. The smallest absolute Gasteiger partial charge is 0.416 e. The monoisotopic (exact) mass is 665 g/mol. The van der Waals surface area contributed by atoms with E-state index < -0.39 is 17.3 Å². The van der Waals surface area contributed by atoms with Gasteiger partial charge in [0.1, 0.15) is 11.3 Å². The van der Waals surface area contributed by atoms with Crippen LogP contribution in [0.1, 0.15) is 50.7 Å². The number of hydrogen-bond acceptors (Lipinski definition) is 8. The highest BCUT2D eigenvalue weighted by atomic mass is 35.5. The molecule has 1 saturated heterocycles. The van der Waals surface area contributed by atoms with E-state index in [0.29, 0.717) is 63.1 Å². The van der Waals surface area contributed by atoms with Crippen LogP contribution >= 0.6 is 11.6 Å². The molecular formula is C30H35ClF3N7O5. The van der Waals surface area contributed by atoms with Crippen molar-refractivity contribution >= 4 is 46.8 Å². The quantitative estimate of drug-likeness (QED) is 0.401. The van der Waals surface area contributed by atoms with Crippen LogP contribution < -0.4 is 15.8 Å². The lowest BCUT2D eigenvalue weighted by atomic mass is 10.1. The first-order valence-electron chi connectivity index (χ1n) is 14.9. The lowest BCUT2D eigenvalue weighted by Crippen LogP contribution is -2.51. The molecule has 5 heterocycles. The number of aryl methyl sites for hydroxylation is 1. The van der Waals surface area contributed by atoms with Gasteiger partial charge in [-0.05, 0) is 63.8 Å². The van der Waals surface area contributed by atoms with Crippen LogP contribution in [0.5, 0.6) is 0 Å². The summed E-state index contributed by atoms with van der Waals surface area (Å²) in [4.78, 5) is 44.5. The Hall–Kier alpha value is -4.11. The first-order chi connectivity index (χ1) is 21.8. The number of carbonyl (C=O) groups excluding carboxylic acids is 2. The number of rotatable bonds is 4. The highest BCUT2D eigenvalue weighted by molar-refractivity contribution is 6.33. The summed E-state index contributed by atoms with van der Waals surface area (Å²) in [5.41, 5.74) is 1.38. The number of fused-ring (bicyclic) bond motifs is 3. The van der Waals surface area contributed by atoms with E-state index >= 15 is 0 Å². The number of piperazine rings is 1. The number of aromatic nitrogens is 4. The Morgan fingerprint density at radius 1 is 1.11 bits per heavy atom. The molecule has 46 heavy (non-hydrogen) atoms. The summed E-state index contributed by atoms with van der Waals surface area (Å²) in [5, 5.41) is 6.62. The molecule has 3 aliphatic rings. The summed E-state index contributed by atoms with van der Waals surface area (Å²) in [6.45, 7) is 9.80. The van der Waals surface area contributed by atoms with Gasteiger partial charge in [-0.25, -0.2) is 4.79 Å². The van der Waals surface area contributed by atoms with Gasteiger partial charge in [0, 0.05) is 32.7 Å². The third-order valence-corrected chi connectivity index (χ3v) is 7.94. The number of hydrogen-bond donors (Lipinski definition) is 1. The van der Waals surface area contributed by atoms with Crippen molar-refractivity contribution in [1.29, 1.82) is 0 Å². The number of nitrogens with one attached hydrogen (secondary N) is 1. The number of halogens is 4.